The van der Waals surface area contributed by atoms with Crippen LogP contribution in [0.25, 0.3) is 0 Å². The van der Waals surface area contributed by atoms with Crippen LogP contribution >= 0.6 is 15.9 Å². The number of halogens is 1. The lowest BCUT2D eigenvalue weighted by Crippen LogP contribution is -2.34. The fourth-order valence-electron chi connectivity index (χ4n) is 1.91. The van der Waals surface area contributed by atoms with Crippen molar-refractivity contribution in [3.63, 3.8) is 0 Å². The molecule has 1 rings (SSSR count). The molecule has 0 aliphatic heterocycles. The molecule has 18 heavy (non-hydrogen) atoms. The zero-order chi connectivity index (χ0) is 13.9. The molecular formula is C14H22BrN3. The minimum absolute atomic E-state index is 0.0911. The fraction of sp³-hybridized carbons (Fsp3) is 0.500. The molecule has 100 valence electrons. The van der Waals surface area contributed by atoms with Crippen LogP contribution in [0.15, 0.2) is 22.7 Å². The van der Waals surface area contributed by atoms with E-state index < -0.39 is 0 Å². The van der Waals surface area contributed by atoms with Gasteiger partial charge in [0.1, 0.15) is 5.84 Å². The SMILES string of the molecule is CC(C)CN(c1ccc(C(=N)N)c(Br)c1)C(C)C. The molecule has 1 aromatic carbocycles. The van der Waals surface area contributed by atoms with Gasteiger partial charge in [-0.3, -0.25) is 5.41 Å². The third kappa shape index (κ3) is 3.73. The molecule has 0 radical (unpaired) electrons. The molecule has 0 heterocycles. The normalized spacial score (nSPS) is 11.1. The lowest BCUT2D eigenvalue weighted by Gasteiger charge is -2.31. The standard InChI is InChI=1S/C14H22BrN3/c1-9(2)8-18(10(3)4)11-5-6-12(14(16)17)13(15)7-11/h5-7,9-10H,8H2,1-4H3,(H3,16,17). The van der Waals surface area contributed by atoms with Crippen molar-refractivity contribution in [2.45, 2.75) is 33.7 Å². The Labute approximate surface area is 118 Å². The van der Waals surface area contributed by atoms with E-state index in [1.807, 2.05) is 18.2 Å². The molecule has 1 aromatic rings. The number of hydrogen-bond acceptors (Lipinski definition) is 2. The topological polar surface area (TPSA) is 53.1 Å². The second-order valence-electron chi connectivity index (χ2n) is 5.22. The van der Waals surface area contributed by atoms with E-state index in [1.54, 1.807) is 0 Å². The number of amidine groups is 1. The van der Waals surface area contributed by atoms with Crippen LogP contribution in [-0.4, -0.2) is 18.4 Å². The van der Waals surface area contributed by atoms with Crippen molar-refractivity contribution in [1.29, 1.82) is 5.41 Å². The number of nitrogens with two attached hydrogens (primary N) is 1. The molecule has 0 atom stereocenters. The molecule has 0 bridgehead atoms. The zero-order valence-electron chi connectivity index (χ0n) is 11.5. The smallest absolute Gasteiger partial charge is 0.123 e. The van der Waals surface area contributed by atoms with Gasteiger partial charge in [0.2, 0.25) is 0 Å². The summed E-state index contributed by atoms with van der Waals surface area (Å²) in [5, 5.41) is 7.49. The summed E-state index contributed by atoms with van der Waals surface area (Å²) in [6.07, 6.45) is 0. The molecule has 0 saturated heterocycles. The highest BCUT2D eigenvalue weighted by atomic mass is 79.9. The van der Waals surface area contributed by atoms with Crippen molar-refractivity contribution in [1.82, 2.24) is 0 Å². The van der Waals surface area contributed by atoms with Gasteiger partial charge in [0, 0.05) is 28.3 Å². The van der Waals surface area contributed by atoms with E-state index in [1.165, 1.54) is 0 Å². The molecule has 0 unspecified atom stereocenters. The van der Waals surface area contributed by atoms with E-state index in [4.69, 9.17) is 11.1 Å². The maximum absolute atomic E-state index is 7.49. The van der Waals surface area contributed by atoms with Gasteiger partial charge in [0.05, 0.1) is 0 Å². The van der Waals surface area contributed by atoms with E-state index >= 15 is 0 Å². The molecular weight excluding hydrogens is 290 g/mol. The van der Waals surface area contributed by atoms with Gasteiger partial charge in [-0.1, -0.05) is 13.8 Å². The quantitative estimate of drug-likeness (QED) is 0.645. The largest absolute Gasteiger partial charge is 0.384 e. The van der Waals surface area contributed by atoms with Crippen molar-refractivity contribution in [2.75, 3.05) is 11.4 Å². The van der Waals surface area contributed by atoms with E-state index in [9.17, 15) is 0 Å². The maximum atomic E-state index is 7.49. The average Bonchev–Trinajstić information content (AvgIpc) is 2.24. The summed E-state index contributed by atoms with van der Waals surface area (Å²) < 4.78 is 0.877. The predicted octanol–water partition coefficient (Wildman–Crippen LogP) is 3.60. The number of nitrogens with one attached hydrogen (secondary N) is 1. The number of nitrogen functional groups attached to an aromatic ring is 1. The first kappa shape index (κ1) is 15.0. The second-order valence-corrected chi connectivity index (χ2v) is 6.07. The summed E-state index contributed by atoms with van der Waals surface area (Å²) in [4.78, 5) is 2.36. The van der Waals surface area contributed by atoms with Crippen molar-refractivity contribution < 1.29 is 0 Å². The van der Waals surface area contributed by atoms with Gasteiger partial charge in [-0.15, -0.1) is 0 Å². The number of rotatable bonds is 5. The third-order valence-electron chi connectivity index (χ3n) is 2.76. The highest BCUT2D eigenvalue weighted by Crippen LogP contribution is 2.26. The van der Waals surface area contributed by atoms with Crippen LogP contribution in [0, 0.1) is 11.3 Å². The summed E-state index contributed by atoms with van der Waals surface area (Å²) in [6, 6.07) is 6.42. The van der Waals surface area contributed by atoms with Gasteiger partial charge in [-0.05, 0) is 53.9 Å². The Morgan fingerprint density at radius 3 is 2.33 bits per heavy atom. The molecule has 3 nitrogen and oxygen atoms in total. The van der Waals surface area contributed by atoms with Gasteiger partial charge in [-0.25, -0.2) is 0 Å². The highest BCUT2D eigenvalue weighted by Gasteiger charge is 2.14. The number of hydrogen-bond donors (Lipinski definition) is 2. The molecule has 0 spiro atoms. The van der Waals surface area contributed by atoms with Crippen LogP contribution in [0.1, 0.15) is 33.3 Å². The van der Waals surface area contributed by atoms with Crippen molar-refractivity contribution in [3.8, 4) is 0 Å². The lowest BCUT2D eigenvalue weighted by atomic mass is 10.1. The van der Waals surface area contributed by atoms with Gasteiger partial charge < -0.3 is 10.6 Å². The Bertz CT molecular complexity index is 427. The molecule has 0 saturated carbocycles. The molecule has 0 aliphatic rings. The van der Waals surface area contributed by atoms with E-state index in [0.717, 1.165) is 22.3 Å². The van der Waals surface area contributed by atoms with E-state index in [2.05, 4.69) is 48.5 Å². The van der Waals surface area contributed by atoms with E-state index in [0.29, 0.717) is 12.0 Å². The molecule has 0 aromatic heterocycles. The molecule has 3 N–H and O–H groups in total. The van der Waals surface area contributed by atoms with Crippen molar-refractivity contribution in [3.05, 3.63) is 28.2 Å². The third-order valence-corrected chi connectivity index (χ3v) is 3.42. The van der Waals surface area contributed by atoms with Crippen LogP contribution < -0.4 is 10.6 Å². The van der Waals surface area contributed by atoms with Crippen molar-refractivity contribution >= 4 is 27.5 Å². The second kappa shape index (κ2) is 6.23. The van der Waals surface area contributed by atoms with Crippen LogP contribution in [0.5, 0.6) is 0 Å². The summed E-state index contributed by atoms with van der Waals surface area (Å²) in [7, 11) is 0. The number of anilines is 1. The zero-order valence-corrected chi connectivity index (χ0v) is 13.1. The number of benzene rings is 1. The Morgan fingerprint density at radius 1 is 1.33 bits per heavy atom. The Morgan fingerprint density at radius 2 is 1.94 bits per heavy atom. The number of nitrogens with zero attached hydrogens (tertiary/aromatic N) is 1. The van der Waals surface area contributed by atoms with Gasteiger partial charge in [-0.2, -0.15) is 0 Å². The first-order valence-electron chi connectivity index (χ1n) is 6.23. The summed E-state index contributed by atoms with van der Waals surface area (Å²) in [5.41, 5.74) is 7.43. The summed E-state index contributed by atoms with van der Waals surface area (Å²) >= 11 is 3.48. The average molecular weight is 312 g/mol. The Hall–Kier alpha value is -1.03. The van der Waals surface area contributed by atoms with E-state index in [-0.39, 0.29) is 5.84 Å². The van der Waals surface area contributed by atoms with Crippen LogP contribution in [-0.2, 0) is 0 Å². The summed E-state index contributed by atoms with van der Waals surface area (Å²) in [5.74, 6) is 0.701. The molecule has 0 amide bonds. The minimum Gasteiger partial charge on any atom is -0.384 e. The molecule has 0 aliphatic carbocycles. The monoisotopic (exact) mass is 311 g/mol. The first-order valence-corrected chi connectivity index (χ1v) is 7.02. The lowest BCUT2D eigenvalue weighted by molar-refractivity contribution is 0.571. The minimum atomic E-state index is 0.0911. The van der Waals surface area contributed by atoms with Crippen molar-refractivity contribution in [2.24, 2.45) is 11.7 Å². The first-order chi connectivity index (χ1) is 8.32. The maximum Gasteiger partial charge on any atom is 0.123 e. The van der Waals surface area contributed by atoms with Crippen LogP contribution in [0.4, 0.5) is 5.69 Å². The predicted molar refractivity (Wildman–Crippen MR) is 82.5 cm³/mol. The summed E-state index contributed by atoms with van der Waals surface area (Å²) in [6.45, 7) is 9.83. The Kier molecular flexibility index (Phi) is 5.20. The fourth-order valence-corrected chi connectivity index (χ4v) is 2.49. The van der Waals surface area contributed by atoms with Gasteiger partial charge in [0.15, 0.2) is 0 Å². The van der Waals surface area contributed by atoms with Crippen LogP contribution in [0.2, 0.25) is 0 Å². The molecule has 0 fully saturated rings. The van der Waals surface area contributed by atoms with Gasteiger partial charge in [0.25, 0.3) is 0 Å². The Balaban J connectivity index is 3.07. The van der Waals surface area contributed by atoms with Gasteiger partial charge >= 0.3 is 0 Å². The molecule has 4 heteroatoms. The van der Waals surface area contributed by atoms with Crippen LogP contribution in [0.3, 0.4) is 0 Å². The highest BCUT2D eigenvalue weighted by molar-refractivity contribution is 9.10.